The van der Waals surface area contributed by atoms with Crippen molar-refractivity contribution in [1.82, 2.24) is 10.3 Å². The molecule has 15 heavy (non-hydrogen) atoms. The average Bonchev–Trinajstić information content (AvgIpc) is 2.32. The van der Waals surface area contributed by atoms with Crippen LogP contribution in [0.2, 0.25) is 0 Å². The van der Waals surface area contributed by atoms with E-state index in [0.29, 0.717) is 5.92 Å². The number of rotatable bonds is 4. The molecule has 0 aromatic carbocycles. The van der Waals surface area contributed by atoms with Gasteiger partial charge in [0.1, 0.15) is 0 Å². The minimum absolute atomic E-state index is 0.690. The Morgan fingerprint density at radius 2 is 2.53 bits per heavy atom. The minimum atomic E-state index is 0.690. The molecule has 1 aliphatic heterocycles. The van der Waals surface area contributed by atoms with Gasteiger partial charge in [-0.05, 0) is 30.4 Å². The van der Waals surface area contributed by atoms with Gasteiger partial charge in [0.2, 0.25) is 0 Å². The van der Waals surface area contributed by atoms with Crippen LogP contribution in [0.3, 0.4) is 0 Å². The first-order valence-electron chi connectivity index (χ1n) is 5.62. The fourth-order valence-electron chi connectivity index (χ4n) is 1.89. The molecule has 1 saturated heterocycles. The van der Waals surface area contributed by atoms with Gasteiger partial charge in [0.25, 0.3) is 0 Å². The van der Waals surface area contributed by atoms with E-state index in [-0.39, 0.29) is 0 Å². The lowest BCUT2D eigenvalue weighted by Gasteiger charge is -2.22. The lowest BCUT2D eigenvalue weighted by molar-refractivity contribution is 0.0547. The molecule has 2 heterocycles. The zero-order chi connectivity index (χ0) is 10.3. The topological polar surface area (TPSA) is 34.2 Å². The molecular weight excluding hydrogens is 188 g/mol. The third-order valence-electron chi connectivity index (χ3n) is 2.74. The lowest BCUT2D eigenvalue weighted by atomic mass is 10.0. The Kier molecular flexibility index (Phi) is 4.11. The summed E-state index contributed by atoms with van der Waals surface area (Å²) in [4.78, 5) is 4.09. The van der Waals surface area contributed by atoms with Gasteiger partial charge in [0, 0.05) is 32.1 Å². The summed E-state index contributed by atoms with van der Waals surface area (Å²) in [5, 5.41) is 3.45. The van der Waals surface area contributed by atoms with Gasteiger partial charge in [0.05, 0.1) is 6.61 Å². The van der Waals surface area contributed by atoms with E-state index >= 15 is 0 Å². The second kappa shape index (κ2) is 5.83. The number of hydrogen-bond donors (Lipinski definition) is 1. The maximum atomic E-state index is 5.43. The lowest BCUT2D eigenvalue weighted by Crippen LogP contribution is -2.28. The van der Waals surface area contributed by atoms with Gasteiger partial charge in [-0.1, -0.05) is 6.07 Å². The summed E-state index contributed by atoms with van der Waals surface area (Å²) < 4.78 is 5.43. The van der Waals surface area contributed by atoms with Crippen molar-refractivity contribution in [3.63, 3.8) is 0 Å². The molecule has 3 nitrogen and oxygen atoms in total. The van der Waals surface area contributed by atoms with Crippen LogP contribution < -0.4 is 5.32 Å². The molecule has 0 radical (unpaired) electrons. The first-order chi connectivity index (χ1) is 7.45. The van der Waals surface area contributed by atoms with Crippen LogP contribution in [0, 0.1) is 5.92 Å². The molecule has 0 spiro atoms. The number of nitrogens with zero attached hydrogens (tertiary/aromatic N) is 1. The van der Waals surface area contributed by atoms with Gasteiger partial charge in [0.15, 0.2) is 0 Å². The van der Waals surface area contributed by atoms with Crippen molar-refractivity contribution in [3.05, 3.63) is 30.1 Å². The fraction of sp³-hybridized carbons (Fsp3) is 0.583. The summed E-state index contributed by atoms with van der Waals surface area (Å²) in [5.41, 5.74) is 1.24. The van der Waals surface area contributed by atoms with Crippen molar-refractivity contribution in [1.29, 1.82) is 0 Å². The molecular formula is C12H18N2O. The van der Waals surface area contributed by atoms with E-state index < -0.39 is 0 Å². The molecule has 1 unspecified atom stereocenters. The van der Waals surface area contributed by atoms with E-state index in [4.69, 9.17) is 4.74 Å². The van der Waals surface area contributed by atoms with Crippen LogP contribution in [-0.2, 0) is 11.3 Å². The van der Waals surface area contributed by atoms with Gasteiger partial charge in [-0.15, -0.1) is 0 Å². The van der Waals surface area contributed by atoms with Crippen LogP contribution in [-0.4, -0.2) is 24.7 Å². The largest absolute Gasteiger partial charge is 0.381 e. The highest BCUT2D eigenvalue weighted by Gasteiger charge is 2.12. The predicted molar refractivity (Wildman–Crippen MR) is 59.5 cm³/mol. The molecule has 0 amide bonds. The molecule has 0 bridgehead atoms. The Morgan fingerprint density at radius 3 is 3.27 bits per heavy atom. The van der Waals surface area contributed by atoms with Gasteiger partial charge in [-0.25, -0.2) is 0 Å². The normalized spacial score (nSPS) is 21.5. The second-order valence-corrected chi connectivity index (χ2v) is 4.08. The van der Waals surface area contributed by atoms with Crippen molar-refractivity contribution >= 4 is 0 Å². The van der Waals surface area contributed by atoms with E-state index in [1.165, 1.54) is 18.4 Å². The number of aromatic nitrogens is 1. The van der Waals surface area contributed by atoms with E-state index in [1.807, 2.05) is 12.3 Å². The summed E-state index contributed by atoms with van der Waals surface area (Å²) in [6.45, 7) is 3.82. The SMILES string of the molecule is c1cncc(CNCC2CCCOC2)c1. The van der Waals surface area contributed by atoms with E-state index in [0.717, 1.165) is 26.3 Å². The highest BCUT2D eigenvalue weighted by atomic mass is 16.5. The van der Waals surface area contributed by atoms with Crippen molar-refractivity contribution in [2.45, 2.75) is 19.4 Å². The quantitative estimate of drug-likeness (QED) is 0.812. The highest BCUT2D eigenvalue weighted by molar-refractivity contribution is 5.07. The predicted octanol–water partition coefficient (Wildman–Crippen LogP) is 1.60. The number of ether oxygens (including phenoxy) is 1. The third-order valence-corrected chi connectivity index (χ3v) is 2.74. The molecule has 0 aliphatic carbocycles. The first-order valence-corrected chi connectivity index (χ1v) is 5.62. The van der Waals surface area contributed by atoms with Crippen LogP contribution >= 0.6 is 0 Å². The molecule has 82 valence electrons. The molecule has 1 N–H and O–H groups in total. The van der Waals surface area contributed by atoms with E-state index in [9.17, 15) is 0 Å². The Morgan fingerprint density at radius 1 is 1.53 bits per heavy atom. The van der Waals surface area contributed by atoms with Crippen LogP contribution in [0.5, 0.6) is 0 Å². The molecule has 1 aromatic rings. The summed E-state index contributed by atoms with van der Waals surface area (Å²) >= 11 is 0. The second-order valence-electron chi connectivity index (χ2n) is 4.08. The Hall–Kier alpha value is -0.930. The Balaban J connectivity index is 1.66. The zero-order valence-corrected chi connectivity index (χ0v) is 8.98. The van der Waals surface area contributed by atoms with Gasteiger partial charge in [-0.2, -0.15) is 0 Å². The molecule has 1 aliphatic rings. The van der Waals surface area contributed by atoms with Gasteiger partial charge in [-0.3, -0.25) is 4.98 Å². The van der Waals surface area contributed by atoms with Gasteiger partial charge >= 0.3 is 0 Å². The monoisotopic (exact) mass is 206 g/mol. The van der Waals surface area contributed by atoms with Crippen LogP contribution in [0.1, 0.15) is 18.4 Å². The summed E-state index contributed by atoms with van der Waals surface area (Å²) in [5.74, 6) is 0.690. The van der Waals surface area contributed by atoms with Crippen molar-refractivity contribution in [2.75, 3.05) is 19.8 Å². The third kappa shape index (κ3) is 3.61. The molecule has 2 rings (SSSR count). The Labute approximate surface area is 90.9 Å². The molecule has 1 aromatic heterocycles. The van der Waals surface area contributed by atoms with Gasteiger partial charge < -0.3 is 10.1 Å². The average molecular weight is 206 g/mol. The number of pyridine rings is 1. The maximum Gasteiger partial charge on any atom is 0.0506 e. The van der Waals surface area contributed by atoms with Crippen molar-refractivity contribution in [2.24, 2.45) is 5.92 Å². The van der Waals surface area contributed by atoms with Crippen molar-refractivity contribution < 1.29 is 4.74 Å². The Bertz CT molecular complexity index is 270. The molecule has 1 atom stereocenters. The van der Waals surface area contributed by atoms with E-state index in [2.05, 4.69) is 16.4 Å². The smallest absolute Gasteiger partial charge is 0.0506 e. The minimum Gasteiger partial charge on any atom is -0.381 e. The van der Waals surface area contributed by atoms with Crippen molar-refractivity contribution in [3.8, 4) is 0 Å². The van der Waals surface area contributed by atoms with Crippen LogP contribution in [0.15, 0.2) is 24.5 Å². The summed E-state index contributed by atoms with van der Waals surface area (Å²) in [7, 11) is 0. The summed E-state index contributed by atoms with van der Waals surface area (Å²) in [6, 6.07) is 4.07. The molecule has 0 saturated carbocycles. The number of hydrogen-bond acceptors (Lipinski definition) is 3. The fourth-order valence-corrected chi connectivity index (χ4v) is 1.89. The van der Waals surface area contributed by atoms with Crippen LogP contribution in [0.4, 0.5) is 0 Å². The highest BCUT2D eigenvalue weighted by Crippen LogP contribution is 2.12. The maximum absolute atomic E-state index is 5.43. The first kappa shape index (κ1) is 10.6. The number of nitrogens with one attached hydrogen (secondary N) is 1. The van der Waals surface area contributed by atoms with Crippen LogP contribution in [0.25, 0.3) is 0 Å². The standard InChI is InChI=1S/C12H18N2O/c1-3-11(7-13-5-1)8-14-9-12-4-2-6-15-10-12/h1,3,5,7,12,14H,2,4,6,8-10H2. The zero-order valence-electron chi connectivity index (χ0n) is 8.98. The summed E-state index contributed by atoms with van der Waals surface area (Å²) in [6.07, 6.45) is 6.21. The van der Waals surface area contributed by atoms with E-state index in [1.54, 1.807) is 6.20 Å². The molecule has 1 fully saturated rings. The molecule has 3 heteroatoms.